The largest absolute Gasteiger partial charge is 0.307 e. The molecule has 0 aliphatic carbocycles. The van der Waals surface area contributed by atoms with Crippen LogP contribution in [0.1, 0.15) is 30.6 Å². The van der Waals surface area contributed by atoms with Crippen LogP contribution < -0.4 is 5.32 Å². The third-order valence-corrected chi connectivity index (χ3v) is 6.84. The van der Waals surface area contributed by atoms with Crippen molar-refractivity contribution >= 4 is 37.7 Å². The van der Waals surface area contributed by atoms with Crippen LogP contribution in [0.2, 0.25) is 0 Å². The maximum absolute atomic E-state index is 13.0. The Labute approximate surface area is 168 Å². The lowest BCUT2D eigenvalue weighted by Crippen LogP contribution is -2.42. The number of carbonyl (C=O) groups is 1. The predicted octanol–water partition coefficient (Wildman–Crippen LogP) is 3.76. The van der Waals surface area contributed by atoms with Crippen molar-refractivity contribution in [3.63, 3.8) is 0 Å². The molecule has 1 amide bonds. The van der Waals surface area contributed by atoms with Crippen LogP contribution in [0.5, 0.6) is 0 Å². The Bertz CT molecular complexity index is 921. The topological polar surface area (TPSA) is 79.4 Å². The third kappa shape index (κ3) is 4.75. The molecule has 1 aliphatic heterocycles. The molecule has 144 valence electrons. The van der Waals surface area contributed by atoms with Crippen molar-refractivity contribution in [1.82, 2.24) is 9.29 Å². The van der Waals surface area contributed by atoms with Gasteiger partial charge >= 0.3 is 0 Å². The van der Waals surface area contributed by atoms with Crippen LogP contribution in [0.25, 0.3) is 0 Å². The molecule has 0 bridgehead atoms. The number of hydrogen-bond acceptors (Lipinski definition) is 4. The lowest BCUT2D eigenvalue weighted by atomic mass is 9.94. The van der Waals surface area contributed by atoms with Gasteiger partial charge in [0.2, 0.25) is 10.0 Å². The molecule has 2 atom stereocenters. The summed E-state index contributed by atoms with van der Waals surface area (Å²) in [6, 6.07) is 9.57. The number of sulfonamides is 1. The second-order valence-electron chi connectivity index (χ2n) is 7.11. The molecule has 1 N–H and O–H groups in total. The summed E-state index contributed by atoms with van der Waals surface area (Å²) in [6.45, 7) is 5.14. The van der Waals surface area contributed by atoms with Crippen LogP contribution in [-0.4, -0.2) is 36.7 Å². The fraction of sp³-hybridized carbons (Fsp3) is 0.368. The molecule has 3 rings (SSSR count). The fourth-order valence-corrected chi connectivity index (χ4v) is 5.35. The Morgan fingerprint density at radius 2 is 1.89 bits per heavy atom. The smallest absolute Gasteiger partial charge is 0.256 e. The molecule has 0 radical (unpaired) electrons. The molecule has 0 spiro atoms. The summed E-state index contributed by atoms with van der Waals surface area (Å²) in [5.74, 6) is 0.634. The minimum absolute atomic E-state index is 0.139. The number of pyridine rings is 1. The van der Waals surface area contributed by atoms with Gasteiger partial charge in [-0.2, -0.15) is 4.31 Å². The summed E-state index contributed by atoms with van der Waals surface area (Å²) in [5.41, 5.74) is 0.277. The fourth-order valence-electron chi connectivity index (χ4n) is 3.39. The van der Waals surface area contributed by atoms with E-state index in [1.54, 1.807) is 30.5 Å². The highest BCUT2D eigenvalue weighted by atomic mass is 79.9. The lowest BCUT2D eigenvalue weighted by Gasteiger charge is -2.34. The number of rotatable bonds is 4. The zero-order valence-electron chi connectivity index (χ0n) is 15.2. The van der Waals surface area contributed by atoms with Crippen molar-refractivity contribution in [2.75, 3.05) is 18.4 Å². The molecule has 2 unspecified atom stereocenters. The van der Waals surface area contributed by atoms with Gasteiger partial charge in [-0.25, -0.2) is 13.4 Å². The zero-order chi connectivity index (χ0) is 19.6. The van der Waals surface area contributed by atoms with Gasteiger partial charge in [0.25, 0.3) is 5.91 Å². The van der Waals surface area contributed by atoms with Crippen LogP contribution in [0, 0.1) is 11.8 Å². The number of aromatic nitrogens is 1. The van der Waals surface area contributed by atoms with E-state index in [-0.39, 0.29) is 10.5 Å². The predicted molar refractivity (Wildman–Crippen MR) is 108 cm³/mol. The summed E-state index contributed by atoms with van der Waals surface area (Å²) in [7, 11) is -3.63. The minimum Gasteiger partial charge on any atom is -0.307 e. The summed E-state index contributed by atoms with van der Waals surface area (Å²) in [4.78, 5) is 16.7. The third-order valence-electron chi connectivity index (χ3n) is 4.54. The first-order valence-corrected chi connectivity index (χ1v) is 11.0. The molecule has 1 fully saturated rings. The molecule has 2 heterocycles. The number of amides is 1. The maximum Gasteiger partial charge on any atom is 0.256 e. The standard InChI is InChI=1S/C19H22BrN3O3S/c1-13-8-14(2)12-23(11-13)27(25,26)17-5-3-4-15(9-17)19(24)22-18-7-6-16(20)10-21-18/h3-7,9-10,13-14H,8,11-12H2,1-2H3,(H,21,22,24). The molecule has 0 saturated carbocycles. The van der Waals surface area contributed by atoms with Gasteiger partial charge in [0.15, 0.2) is 0 Å². The van der Waals surface area contributed by atoms with E-state index in [1.807, 2.05) is 0 Å². The number of piperidine rings is 1. The van der Waals surface area contributed by atoms with E-state index in [2.05, 4.69) is 40.1 Å². The van der Waals surface area contributed by atoms with Crippen LogP contribution in [-0.2, 0) is 10.0 Å². The van der Waals surface area contributed by atoms with Gasteiger partial charge in [-0.1, -0.05) is 19.9 Å². The monoisotopic (exact) mass is 451 g/mol. The molecule has 1 saturated heterocycles. The van der Waals surface area contributed by atoms with E-state index in [1.165, 1.54) is 16.4 Å². The van der Waals surface area contributed by atoms with Gasteiger partial charge in [0.1, 0.15) is 5.82 Å². The van der Waals surface area contributed by atoms with Gasteiger partial charge in [-0.3, -0.25) is 4.79 Å². The Hall–Kier alpha value is -1.77. The van der Waals surface area contributed by atoms with Crippen molar-refractivity contribution in [2.24, 2.45) is 11.8 Å². The number of hydrogen-bond donors (Lipinski definition) is 1. The van der Waals surface area contributed by atoms with Crippen molar-refractivity contribution < 1.29 is 13.2 Å². The van der Waals surface area contributed by atoms with E-state index >= 15 is 0 Å². The average molecular weight is 452 g/mol. The highest BCUT2D eigenvalue weighted by Crippen LogP contribution is 2.27. The quantitative estimate of drug-likeness (QED) is 0.766. The molecular weight excluding hydrogens is 430 g/mol. The number of benzene rings is 1. The average Bonchev–Trinajstić information content (AvgIpc) is 2.63. The normalized spacial score (nSPS) is 21.0. The van der Waals surface area contributed by atoms with Gasteiger partial charge in [-0.05, 0) is 64.5 Å². The second kappa shape index (κ2) is 8.08. The van der Waals surface area contributed by atoms with Crippen molar-refractivity contribution in [3.05, 3.63) is 52.6 Å². The molecular formula is C19H22BrN3O3S. The van der Waals surface area contributed by atoms with Crippen molar-refractivity contribution in [3.8, 4) is 0 Å². The van der Waals surface area contributed by atoms with Gasteiger partial charge in [-0.15, -0.1) is 0 Å². The van der Waals surface area contributed by atoms with Gasteiger partial charge in [0.05, 0.1) is 4.90 Å². The summed E-state index contributed by atoms with van der Waals surface area (Å²) >= 11 is 3.29. The maximum atomic E-state index is 13.0. The second-order valence-corrected chi connectivity index (χ2v) is 9.97. The Kier molecular flexibility index (Phi) is 5.98. The van der Waals surface area contributed by atoms with Crippen LogP contribution in [0.4, 0.5) is 5.82 Å². The molecule has 1 aromatic carbocycles. The van der Waals surface area contributed by atoms with Gasteiger partial charge < -0.3 is 5.32 Å². The highest BCUT2D eigenvalue weighted by molar-refractivity contribution is 9.10. The Balaban J connectivity index is 1.82. The Morgan fingerprint density at radius 3 is 2.52 bits per heavy atom. The van der Waals surface area contributed by atoms with Gasteiger partial charge in [0, 0.05) is 29.3 Å². The first-order valence-electron chi connectivity index (χ1n) is 8.79. The molecule has 2 aromatic rings. The first kappa shape index (κ1) is 20.0. The number of nitrogens with one attached hydrogen (secondary N) is 1. The molecule has 27 heavy (non-hydrogen) atoms. The highest BCUT2D eigenvalue weighted by Gasteiger charge is 2.31. The number of anilines is 1. The molecule has 1 aromatic heterocycles. The number of carbonyl (C=O) groups excluding carboxylic acids is 1. The molecule has 6 nitrogen and oxygen atoms in total. The van der Waals surface area contributed by atoms with Crippen LogP contribution in [0.3, 0.4) is 0 Å². The summed E-state index contributed by atoms with van der Waals surface area (Å²) < 4.78 is 28.4. The number of halogens is 1. The van der Waals surface area contributed by atoms with Crippen molar-refractivity contribution in [2.45, 2.75) is 25.2 Å². The summed E-state index contributed by atoms with van der Waals surface area (Å²) in [6.07, 6.45) is 2.60. The van der Waals surface area contributed by atoms with E-state index < -0.39 is 15.9 Å². The lowest BCUT2D eigenvalue weighted by molar-refractivity contribution is 0.102. The first-order chi connectivity index (χ1) is 12.8. The molecule has 1 aliphatic rings. The Morgan fingerprint density at radius 1 is 1.19 bits per heavy atom. The minimum atomic E-state index is -3.63. The van der Waals surface area contributed by atoms with Crippen LogP contribution in [0.15, 0.2) is 52.0 Å². The van der Waals surface area contributed by atoms with Crippen molar-refractivity contribution in [1.29, 1.82) is 0 Å². The zero-order valence-corrected chi connectivity index (χ0v) is 17.6. The SMILES string of the molecule is CC1CC(C)CN(S(=O)(=O)c2cccc(C(=O)Nc3ccc(Br)cn3)c2)C1. The van der Waals surface area contributed by atoms with E-state index in [9.17, 15) is 13.2 Å². The van der Waals surface area contributed by atoms with E-state index in [0.717, 1.165) is 10.9 Å². The van der Waals surface area contributed by atoms with Crippen LogP contribution >= 0.6 is 15.9 Å². The van der Waals surface area contributed by atoms with E-state index in [4.69, 9.17) is 0 Å². The van der Waals surface area contributed by atoms with E-state index in [0.29, 0.717) is 30.7 Å². The molecule has 8 heteroatoms. The summed E-state index contributed by atoms with van der Waals surface area (Å²) in [5, 5.41) is 2.68. The number of nitrogens with zero attached hydrogens (tertiary/aromatic N) is 2.